The fourth-order valence-electron chi connectivity index (χ4n) is 4.27. The molecule has 2 rings (SSSR count). The number of rotatable bonds is 8. The van der Waals surface area contributed by atoms with Crippen LogP contribution in [0.15, 0.2) is 12.1 Å². The summed E-state index contributed by atoms with van der Waals surface area (Å²) in [6.07, 6.45) is 3.75. The maximum absolute atomic E-state index is 13.6. The highest BCUT2D eigenvalue weighted by atomic mass is 31.2. The lowest BCUT2D eigenvalue weighted by Gasteiger charge is -2.29. The van der Waals surface area contributed by atoms with Gasteiger partial charge >= 0.3 is 0 Å². The van der Waals surface area contributed by atoms with Gasteiger partial charge in [0.05, 0.1) is 12.8 Å². The standard InChI is InChI=1S/C24H43N2O3P/c1-9-29-30(28,25-13-12-19-11-10-14-26(19)8)17-18-15-20(23(2,3)4)22(27)21(16-18)24(5,6)7/h15-16,19,27H,9-14,17H2,1-8H3,(H,25,28). The monoisotopic (exact) mass is 438 g/mol. The van der Waals surface area contributed by atoms with Gasteiger partial charge in [0.1, 0.15) is 5.75 Å². The number of aromatic hydroxyl groups is 1. The fraction of sp³-hybridized carbons (Fsp3) is 0.750. The summed E-state index contributed by atoms with van der Waals surface area (Å²) in [5, 5.41) is 14.2. The maximum atomic E-state index is 13.6. The molecule has 1 aromatic carbocycles. The van der Waals surface area contributed by atoms with E-state index in [0.29, 0.717) is 31.1 Å². The lowest BCUT2D eigenvalue weighted by molar-refractivity contribution is 0.291. The summed E-state index contributed by atoms with van der Waals surface area (Å²) in [4.78, 5) is 2.39. The van der Waals surface area contributed by atoms with E-state index >= 15 is 0 Å². The van der Waals surface area contributed by atoms with Crippen LogP contribution in [0.3, 0.4) is 0 Å². The van der Waals surface area contributed by atoms with Crippen LogP contribution in [0.25, 0.3) is 0 Å². The van der Waals surface area contributed by atoms with Gasteiger partial charge in [-0.1, -0.05) is 53.7 Å². The highest BCUT2D eigenvalue weighted by Crippen LogP contribution is 2.48. The molecule has 0 bridgehead atoms. The number of nitrogens with one attached hydrogen (secondary N) is 1. The zero-order valence-electron chi connectivity index (χ0n) is 20.3. The number of hydrogen-bond donors (Lipinski definition) is 2. The highest BCUT2D eigenvalue weighted by Gasteiger charge is 2.30. The van der Waals surface area contributed by atoms with E-state index in [1.54, 1.807) is 0 Å². The molecule has 2 unspecified atom stereocenters. The first-order valence-electron chi connectivity index (χ1n) is 11.3. The molecule has 0 aromatic heterocycles. The van der Waals surface area contributed by atoms with Gasteiger partial charge in [-0.25, -0.2) is 5.09 Å². The Morgan fingerprint density at radius 3 is 2.17 bits per heavy atom. The van der Waals surface area contributed by atoms with Gasteiger partial charge in [-0.2, -0.15) is 0 Å². The van der Waals surface area contributed by atoms with Gasteiger partial charge in [-0.15, -0.1) is 0 Å². The third kappa shape index (κ3) is 6.56. The molecule has 6 heteroatoms. The van der Waals surface area contributed by atoms with E-state index in [-0.39, 0.29) is 10.8 Å². The normalized spacial score (nSPS) is 20.5. The second kappa shape index (κ2) is 9.73. The van der Waals surface area contributed by atoms with Gasteiger partial charge in [0, 0.05) is 12.6 Å². The quantitative estimate of drug-likeness (QED) is 0.503. The Balaban J connectivity index is 2.27. The van der Waals surface area contributed by atoms with Crippen LogP contribution < -0.4 is 5.09 Å². The lowest BCUT2D eigenvalue weighted by Crippen LogP contribution is -2.28. The summed E-state index contributed by atoms with van der Waals surface area (Å²) in [6, 6.07) is 4.56. The van der Waals surface area contributed by atoms with Crippen molar-refractivity contribution in [2.24, 2.45) is 0 Å². The maximum Gasteiger partial charge on any atom is 0.274 e. The second-order valence-corrected chi connectivity index (χ2v) is 13.0. The van der Waals surface area contributed by atoms with Crippen molar-refractivity contribution >= 4 is 7.52 Å². The van der Waals surface area contributed by atoms with Crippen molar-refractivity contribution in [3.05, 3.63) is 28.8 Å². The SMILES string of the molecule is CCOP(=O)(Cc1cc(C(C)(C)C)c(O)c(C(C)(C)C)c1)NCCC1CCCN1C. The van der Waals surface area contributed by atoms with E-state index in [4.69, 9.17) is 4.52 Å². The molecule has 0 saturated carbocycles. The van der Waals surface area contributed by atoms with Crippen LogP contribution in [0.4, 0.5) is 0 Å². The first kappa shape index (κ1) is 25.4. The van der Waals surface area contributed by atoms with Crippen molar-refractivity contribution in [3.63, 3.8) is 0 Å². The van der Waals surface area contributed by atoms with Crippen molar-refractivity contribution in [2.45, 2.75) is 90.8 Å². The summed E-state index contributed by atoms with van der Waals surface area (Å²) in [7, 11) is -0.862. The highest BCUT2D eigenvalue weighted by molar-refractivity contribution is 7.56. The molecule has 1 aromatic rings. The number of nitrogens with zero attached hydrogens (tertiary/aromatic N) is 1. The van der Waals surface area contributed by atoms with Crippen LogP contribution in [-0.2, 0) is 26.1 Å². The fourth-order valence-corrected chi connectivity index (χ4v) is 6.12. The van der Waals surface area contributed by atoms with Crippen LogP contribution in [0.1, 0.15) is 84.4 Å². The predicted octanol–water partition coefficient (Wildman–Crippen LogP) is 5.79. The van der Waals surface area contributed by atoms with E-state index in [1.165, 1.54) is 12.8 Å². The molecule has 5 nitrogen and oxygen atoms in total. The van der Waals surface area contributed by atoms with Crippen LogP contribution in [-0.4, -0.2) is 42.8 Å². The van der Waals surface area contributed by atoms with Crippen LogP contribution in [0.2, 0.25) is 0 Å². The molecular formula is C24H43N2O3P. The molecule has 30 heavy (non-hydrogen) atoms. The third-order valence-electron chi connectivity index (χ3n) is 6.02. The van der Waals surface area contributed by atoms with Gasteiger partial charge < -0.3 is 14.5 Å². The average molecular weight is 439 g/mol. The molecule has 172 valence electrons. The molecule has 1 saturated heterocycles. The van der Waals surface area contributed by atoms with E-state index in [9.17, 15) is 9.67 Å². The number of phenolic OH excluding ortho intramolecular Hbond substituents is 1. The smallest absolute Gasteiger partial charge is 0.274 e. The van der Waals surface area contributed by atoms with Crippen LogP contribution >= 0.6 is 7.52 Å². The topological polar surface area (TPSA) is 61.8 Å². The van der Waals surface area contributed by atoms with E-state index in [2.05, 4.69) is 58.6 Å². The Morgan fingerprint density at radius 2 is 1.73 bits per heavy atom. The second-order valence-electron chi connectivity index (χ2n) is 10.8. The van der Waals surface area contributed by atoms with E-state index in [1.807, 2.05) is 19.1 Å². The molecule has 1 aliphatic heterocycles. The molecular weight excluding hydrogens is 395 g/mol. The van der Waals surface area contributed by atoms with Gasteiger partial charge in [0.25, 0.3) is 7.52 Å². The summed E-state index contributed by atoms with van der Waals surface area (Å²) in [5.41, 5.74) is 2.30. The summed E-state index contributed by atoms with van der Waals surface area (Å²) >= 11 is 0. The van der Waals surface area contributed by atoms with E-state index < -0.39 is 7.52 Å². The molecule has 1 aliphatic rings. The Labute approximate surface area is 184 Å². The average Bonchev–Trinajstić information content (AvgIpc) is 2.99. The Kier molecular flexibility index (Phi) is 8.23. The molecule has 0 amide bonds. The Morgan fingerprint density at radius 1 is 1.17 bits per heavy atom. The summed E-state index contributed by atoms with van der Waals surface area (Å²) in [5.74, 6) is 0.349. The van der Waals surface area contributed by atoms with Crippen molar-refractivity contribution in [2.75, 3.05) is 26.7 Å². The van der Waals surface area contributed by atoms with Crippen molar-refractivity contribution < 1.29 is 14.2 Å². The summed E-state index contributed by atoms with van der Waals surface area (Å²) in [6.45, 7) is 16.7. The van der Waals surface area contributed by atoms with Crippen molar-refractivity contribution in [3.8, 4) is 5.75 Å². The van der Waals surface area contributed by atoms with Crippen LogP contribution in [0.5, 0.6) is 5.75 Å². The third-order valence-corrected chi connectivity index (χ3v) is 8.18. The molecule has 0 spiro atoms. The zero-order chi connectivity index (χ0) is 22.7. The Hall–Kier alpha value is -0.870. The number of benzene rings is 1. The lowest BCUT2D eigenvalue weighted by atomic mass is 9.78. The minimum atomic E-state index is -3.03. The Bertz CT molecular complexity index is 730. The van der Waals surface area contributed by atoms with Crippen LogP contribution in [0, 0.1) is 0 Å². The molecule has 1 heterocycles. The van der Waals surface area contributed by atoms with Gasteiger partial charge in [0.2, 0.25) is 0 Å². The predicted molar refractivity (Wildman–Crippen MR) is 127 cm³/mol. The minimum absolute atomic E-state index is 0.212. The molecule has 1 fully saturated rings. The number of phenols is 1. The first-order valence-corrected chi connectivity index (χ1v) is 13.1. The van der Waals surface area contributed by atoms with Crippen molar-refractivity contribution in [1.82, 2.24) is 9.99 Å². The van der Waals surface area contributed by atoms with E-state index in [0.717, 1.165) is 29.7 Å². The molecule has 0 radical (unpaired) electrons. The number of hydrogen-bond acceptors (Lipinski definition) is 4. The summed E-state index contributed by atoms with van der Waals surface area (Å²) < 4.78 is 19.4. The minimum Gasteiger partial charge on any atom is -0.507 e. The van der Waals surface area contributed by atoms with Crippen molar-refractivity contribution in [1.29, 1.82) is 0 Å². The van der Waals surface area contributed by atoms with Gasteiger partial charge in [0.15, 0.2) is 0 Å². The number of likely N-dealkylation sites (tertiary alicyclic amines) is 1. The molecule has 2 atom stereocenters. The molecule has 2 N–H and O–H groups in total. The zero-order valence-corrected chi connectivity index (χ0v) is 21.2. The first-order chi connectivity index (χ1) is 13.8. The largest absolute Gasteiger partial charge is 0.507 e. The van der Waals surface area contributed by atoms with Gasteiger partial charge in [-0.3, -0.25) is 4.57 Å². The van der Waals surface area contributed by atoms with Gasteiger partial charge in [-0.05, 0) is 67.3 Å². The molecule has 0 aliphatic carbocycles.